The van der Waals surface area contributed by atoms with Gasteiger partial charge in [0.05, 0.1) is 23.1 Å². The summed E-state index contributed by atoms with van der Waals surface area (Å²) >= 11 is 0. The number of anilines is 1. The summed E-state index contributed by atoms with van der Waals surface area (Å²) in [4.78, 5) is 26.7. The van der Waals surface area contributed by atoms with Crippen LogP contribution in [-0.4, -0.2) is 11.8 Å². The lowest BCUT2D eigenvalue weighted by Crippen LogP contribution is -2.33. The van der Waals surface area contributed by atoms with Gasteiger partial charge in [-0.2, -0.15) is 13.2 Å². The summed E-state index contributed by atoms with van der Waals surface area (Å²) in [5, 5.41) is 0. The van der Waals surface area contributed by atoms with Crippen LogP contribution in [-0.2, 0) is 15.8 Å². The topological polar surface area (TPSA) is 37.4 Å². The summed E-state index contributed by atoms with van der Waals surface area (Å²) in [6, 6.07) is 4.40. The van der Waals surface area contributed by atoms with Crippen molar-refractivity contribution in [2.45, 2.75) is 20.0 Å². The molecule has 6 heteroatoms. The molecule has 1 saturated carbocycles. The van der Waals surface area contributed by atoms with Gasteiger partial charge in [0.25, 0.3) is 0 Å². The molecule has 2 aliphatic carbocycles. The lowest BCUT2D eigenvalue weighted by Gasteiger charge is -2.20. The first-order chi connectivity index (χ1) is 11.7. The van der Waals surface area contributed by atoms with E-state index in [4.69, 9.17) is 0 Å². The summed E-state index contributed by atoms with van der Waals surface area (Å²) in [5.41, 5.74) is 1.34. The number of rotatable bonds is 1. The summed E-state index contributed by atoms with van der Waals surface area (Å²) in [7, 11) is 0. The number of amides is 2. The van der Waals surface area contributed by atoms with E-state index in [2.05, 4.69) is 0 Å². The molecule has 1 heterocycles. The van der Waals surface area contributed by atoms with Gasteiger partial charge in [-0.25, -0.2) is 4.90 Å². The Balaban J connectivity index is 1.74. The Bertz CT molecular complexity index is 814. The van der Waals surface area contributed by atoms with Crippen LogP contribution in [0.3, 0.4) is 0 Å². The normalized spacial score (nSPS) is 30.4. The molecule has 2 amide bonds. The van der Waals surface area contributed by atoms with Crippen LogP contribution in [0, 0.1) is 23.7 Å². The molecule has 3 nitrogen and oxygen atoms in total. The average Bonchev–Trinajstić information content (AvgIpc) is 3.17. The first kappa shape index (κ1) is 16.1. The van der Waals surface area contributed by atoms with Gasteiger partial charge in [-0.15, -0.1) is 0 Å². The molecule has 0 unspecified atom stereocenters. The molecule has 4 rings (SSSR count). The standard InChI is InChI=1S/C19H16F3NO2/c1-9(2)14-12-6-7-13(14)16-15(12)17(24)23(18(16)25)11-5-3-4-10(8-11)19(20,21)22/h3-8,12-13,15-16H,1-2H3/t12-,13+,15-,16-/m1/s1. The summed E-state index contributed by atoms with van der Waals surface area (Å²) < 4.78 is 38.8. The molecule has 25 heavy (non-hydrogen) atoms. The molecule has 0 N–H and O–H groups in total. The van der Waals surface area contributed by atoms with Gasteiger partial charge in [0.1, 0.15) is 0 Å². The number of allylic oxidation sites excluding steroid dienone is 4. The molecule has 2 fully saturated rings. The second-order valence-electron chi connectivity index (χ2n) is 7.00. The minimum atomic E-state index is -4.52. The van der Waals surface area contributed by atoms with Crippen LogP contribution in [0.4, 0.5) is 18.9 Å². The van der Waals surface area contributed by atoms with Crippen molar-refractivity contribution < 1.29 is 22.8 Å². The highest BCUT2D eigenvalue weighted by Crippen LogP contribution is 2.57. The Labute approximate surface area is 142 Å². The van der Waals surface area contributed by atoms with E-state index in [0.717, 1.165) is 28.2 Å². The van der Waals surface area contributed by atoms with Gasteiger partial charge in [-0.05, 0) is 32.0 Å². The molecule has 3 aliphatic rings. The van der Waals surface area contributed by atoms with Crippen LogP contribution in [0.5, 0.6) is 0 Å². The number of benzene rings is 1. The molecule has 0 aromatic heterocycles. The number of carbonyl (C=O) groups excluding carboxylic acids is 2. The lowest BCUT2D eigenvalue weighted by atomic mass is 9.85. The summed E-state index contributed by atoms with van der Waals surface area (Å²) in [6.07, 6.45) is -0.614. The van der Waals surface area contributed by atoms with Crippen molar-refractivity contribution in [2.75, 3.05) is 4.90 Å². The van der Waals surface area contributed by atoms with E-state index in [1.807, 2.05) is 26.0 Å². The van der Waals surface area contributed by atoms with Crippen molar-refractivity contribution in [3.63, 3.8) is 0 Å². The van der Waals surface area contributed by atoms with Gasteiger partial charge in [0.15, 0.2) is 0 Å². The zero-order chi connectivity index (χ0) is 18.1. The molecule has 1 aromatic rings. The molecular weight excluding hydrogens is 331 g/mol. The van der Waals surface area contributed by atoms with Crippen molar-refractivity contribution in [3.05, 3.63) is 53.1 Å². The number of carbonyl (C=O) groups is 2. The van der Waals surface area contributed by atoms with Crippen molar-refractivity contribution in [3.8, 4) is 0 Å². The van der Waals surface area contributed by atoms with E-state index >= 15 is 0 Å². The third-order valence-corrected chi connectivity index (χ3v) is 5.42. The van der Waals surface area contributed by atoms with Gasteiger partial charge in [0.2, 0.25) is 11.8 Å². The second kappa shape index (κ2) is 5.07. The van der Waals surface area contributed by atoms with Crippen molar-refractivity contribution in [1.82, 2.24) is 0 Å². The molecule has 2 bridgehead atoms. The van der Waals surface area contributed by atoms with Gasteiger partial charge in [-0.1, -0.05) is 29.4 Å². The van der Waals surface area contributed by atoms with E-state index in [1.165, 1.54) is 12.1 Å². The fourth-order valence-corrected chi connectivity index (χ4v) is 4.51. The SMILES string of the molecule is CC(C)=C1[C@H]2C=C[C@@H]1[C@H]1C(=O)N(c3cccc(C(F)(F)F)c3)C(=O)[C@@H]12. The Morgan fingerprint density at radius 2 is 1.56 bits per heavy atom. The van der Waals surface area contributed by atoms with Crippen LogP contribution in [0.25, 0.3) is 0 Å². The van der Waals surface area contributed by atoms with E-state index in [0.29, 0.717) is 0 Å². The number of nitrogens with zero attached hydrogens (tertiary/aromatic N) is 1. The quantitative estimate of drug-likeness (QED) is 0.570. The van der Waals surface area contributed by atoms with Gasteiger partial charge in [-0.3, -0.25) is 9.59 Å². The van der Waals surface area contributed by atoms with Crippen LogP contribution >= 0.6 is 0 Å². The fourth-order valence-electron chi connectivity index (χ4n) is 4.51. The molecule has 0 spiro atoms. The van der Waals surface area contributed by atoms with E-state index in [9.17, 15) is 22.8 Å². The van der Waals surface area contributed by atoms with E-state index in [-0.39, 0.29) is 17.5 Å². The molecule has 1 saturated heterocycles. The number of imide groups is 1. The Hall–Kier alpha value is -2.37. The van der Waals surface area contributed by atoms with Gasteiger partial charge in [0, 0.05) is 11.8 Å². The molecule has 1 aromatic carbocycles. The molecular formula is C19H16F3NO2. The lowest BCUT2D eigenvalue weighted by molar-refractivity contribution is -0.137. The van der Waals surface area contributed by atoms with E-state index in [1.54, 1.807) is 0 Å². The molecule has 130 valence electrons. The summed E-state index contributed by atoms with van der Waals surface area (Å²) in [5.74, 6) is -2.03. The van der Waals surface area contributed by atoms with Gasteiger partial charge < -0.3 is 0 Å². The highest BCUT2D eigenvalue weighted by molar-refractivity contribution is 6.23. The highest BCUT2D eigenvalue weighted by atomic mass is 19.4. The number of hydrogen-bond donors (Lipinski definition) is 0. The second-order valence-corrected chi connectivity index (χ2v) is 7.00. The van der Waals surface area contributed by atoms with E-state index < -0.39 is 35.4 Å². The summed E-state index contributed by atoms with van der Waals surface area (Å²) in [6.45, 7) is 3.92. The number of hydrogen-bond acceptors (Lipinski definition) is 2. The maximum absolute atomic E-state index is 12.9. The Morgan fingerprint density at radius 3 is 2.04 bits per heavy atom. The van der Waals surface area contributed by atoms with Crippen LogP contribution in [0.2, 0.25) is 0 Å². The van der Waals surface area contributed by atoms with Crippen molar-refractivity contribution in [2.24, 2.45) is 23.7 Å². The highest BCUT2D eigenvalue weighted by Gasteiger charge is 2.62. The monoisotopic (exact) mass is 347 g/mol. The zero-order valence-corrected chi connectivity index (χ0v) is 13.7. The van der Waals surface area contributed by atoms with Crippen molar-refractivity contribution >= 4 is 17.5 Å². The number of fused-ring (bicyclic) bond motifs is 5. The predicted molar refractivity (Wildman–Crippen MR) is 85.4 cm³/mol. The minimum absolute atomic E-state index is 0.00243. The number of halogens is 3. The average molecular weight is 347 g/mol. The van der Waals surface area contributed by atoms with Crippen LogP contribution in [0.15, 0.2) is 47.6 Å². The Morgan fingerprint density at radius 1 is 1.00 bits per heavy atom. The maximum Gasteiger partial charge on any atom is 0.416 e. The number of alkyl halides is 3. The van der Waals surface area contributed by atoms with Crippen LogP contribution < -0.4 is 4.90 Å². The van der Waals surface area contributed by atoms with Gasteiger partial charge >= 0.3 is 6.18 Å². The zero-order valence-electron chi connectivity index (χ0n) is 13.7. The predicted octanol–water partition coefficient (Wildman–Crippen LogP) is 3.96. The molecule has 4 atom stereocenters. The largest absolute Gasteiger partial charge is 0.416 e. The maximum atomic E-state index is 12.9. The molecule has 0 radical (unpaired) electrons. The Kier molecular flexibility index (Phi) is 3.27. The smallest absolute Gasteiger partial charge is 0.274 e. The molecule has 1 aliphatic heterocycles. The van der Waals surface area contributed by atoms with Crippen LogP contribution in [0.1, 0.15) is 19.4 Å². The third-order valence-electron chi connectivity index (χ3n) is 5.42. The fraction of sp³-hybridized carbons (Fsp3) is 0.368. The van der Waals surface area contributed by atoms with Crippen molar-refractivity contribution in [1.29, 1.82) is 0 Å². The first-order valence-corrected chi connectivity index (χ1v) is 8.12. The minimum Gasteiger partial charge on any atom is -0.274 e. The first-order valence-electron chi connectivity index (χ1n) is 8.12. The third kappa shape index (κ3) is 2.12.